The van der Waals surface area contributed by atoms with Gasteiger partial charge in [0.2, 0.25) is 0 Å². The molecule has 0 bridgehead atoms. The number of ether oxygens (including phenoxy) is 2. The van der Waals surface area contributed by atoms with Crippen LogP contribution in [0.1, 0.15) is 79.1 Å². The Labute approximate surface area is 249 Å². The molecule has 3 rings (SSSR count). The van der Waals surface area contributed by atoms with Crippen LogP contribution < -0.4 is 14.1 Å². The van der Waals surface area contributed by atoms with Crippen LogP contribution in [0.4, 0.5) is 10.5 Å². The fourth-order valence-corrected chi connectivity index (χ4v) is 12.6. The topological polar surface area (TPSA) is 77.5 Å². The number of carbonyl (C=O) groups is 2. The molecule has 2 atom stereocenters. The van der Waals surface area contributed by atoms with Gasteiger partial charge in [-0.05, 0) is 47.2 Å². The zero-order valence-electron chi connectivity index (χ0n) is 27.3. The lowest BCUT2D eigenvalue weighted by atomic mass is 10.0. The summed E-state index contributed by atoms with van der Waals surface area (Å²) in [5, 5.41) is -0.109. The molecule has 1 aromatic carbocycles. The van der Waals surface area contributed by atoms with Crippen LogP contribution in [0.15, 0.2) is 24.8 Å². The highest BCUT2D eigenvalue weighted by Crippen LogP contribution is 2.49. The minimum absolute atomic E-state index is 0.0450. The van der Waals surface area contributed by atoms with E-state index >= 15 is 0 Å². The van der Waals surface area contributed by atoms with E-state index in [2.05, 4.69) is 82.0 Å². The normalized spacial score (nSPS) is 19.5. The summed E-state index contributed by atoms with van der Waals surface area (Å²) in [6.07, 6.45) is 0.996. The fraction of sp³-hybridized carbons (Fsp3) is 0.677. The second-order valence-corrected chi connectivity index (χ2v) is 23.9. The molecular weight excluding hydrogens is 553 g/mol. The van der Waals surface area contributed by atoms with Crippen molar-refractivity contribution in [1.82, 2.24) is 4.90 Å². The van der Waals surface area contributed by atoms with Crippen LogP contribution >= 0.6 is 0 Å². The lowest BCUT2D eigenvalue weighted by molar-refractivity contribution is 0.00133. The summed E-state index contributed by atoms with van der Waals surface area (Å²) >= 11 is 0. The molecule has 0 aliphatic carbocycles. The van der Waals surface area contributed by atoms with Crippen LogP contribution in [0.2, 0.25) is 34.8 Å². The van der Waals surface area contributed by atoms with Gasteiger partial charge in [-0.25, -0.2) is 9.69 Å². The predicted molar refractivity (Wildman–Crippen MR) is 170 cm³/mol. The van der Waals surface area contributed by atoms with E-state index in [1.807, 2.05) is 11.0 Å². The minimum atomic E-state index is -2.40. The van der Waals surface area contributed by atoms with Crippen LogP contribution in [0.5, 0.6) is 11.5 Å². The molecule has 1 unspecified atom stereocenters. The molecule has 41 heavy (non-hydrogen) atoms. The predicted octanol–water partition coefficient (Wildman–Crippen LogP) is 7.95. The lowest BCUT2D eigenvalue weighted by Crippen LogP contribution is -2.64. The molecule has 0 N–H and O–H groups in total. The van der Waals surface area contributed by atoms with Crippen molar-refractivity contribution in [3.63, 3.8) is 0 Å². The Hall–Kier alpha value is -2.31. The average Bonchev–Trinajstić information content (AvgIpc) is 2.89. The van der Waals surface area contributed by atoms with Gasteiger partial charge in [0.25, 0.3) is 14.2 Å². The largest absolute Gasteiger partial charge is 0.540 e. The van der Waals surface area contributed by atoms with Crippen LogP contribution in [-0.2, 0) is 9.16 Å². The number of nitrogens with zero attached hydrogens (tertiary/aromatic N) is 2. The average molecular weight is 605 g/mol. The van der Waals surface area contributed by atoms with Gasteiger partial charge < -0.3 is 23.2 Å². The Bertz CT molecular complexity index is 1120. The van der Waals surface area contributed by atoms with Crippen molar-refractivity contribution in [2.24, 2.45) is 0 Å². The van der Waals surface area contributed by atoms with Crippen molar-refractivity contribution in [2.45, 2.75) is 116 Å². The zero-order valence-corrected chi connectivity index (χ0v) is 29.3. The second-order valence-electron chi connectivity index (χ2n) is 13.8. The SMILES string of the molecule is C=CCOC(=O)N1c2cc(O[Si](C(C)C)(C(C)C)C(C)C)c(OC)cc2C(=O)N2CC[C@H]2C1O[Si](C)(C)C(C)(C)C. The van der Waals surface area contributed by atoms with Gasteiger partial charge in [0.15, 0.2) is 20.3 Å². The molecule has 10 heteroatoms. The number of hydrogen-bond donors (Lipinski definition) is 0. The summed E-state index contributed by atoms with van der Waals surface area (Å²) in [6.45, 7) is 28.5. The summed E-state index contributed by atoms with van der Waals surface area (Å²) in [5.74, 6) is 0.874. The van der Waals surface area contributed by atoms with Crippen molar-refractivity contribution in [3.05, 3.63) is 30.4 Å². The van der Waals surface area contributed by atoms with E-state index in [0.717, 1.165) is 6.42 Å². The van der Waals surface area contributed by atoms with Gasteiger partial charge in [-0.3, -0.25) is 4.79 Å². The van der Waals surface area contributed by atoms with E-state index in [9.17, 15) is 9.59 Å². The van der Waals surface area contributed by atoms with E-state index in [-0.39, 0.29) is 23.6 Å². The lowest BCUT2D eigenvalue weighted by Gasteiger charge is -2.49. The van der Waals surface area contributed by atoms with Crippen LogP contribution in [0, 0.1) is 0 Å². The monoisotopic (exact) mass is 604 g/mol. The first kappa shape index (κ1) is 33.2. The van der Waals surface area contributed by atoms with Gasteiger partial charge in [-0.15, -0.1) is 0 Å². The van der Waals surface area contributed by atoms with Gasteiger partial charge in [0.05, 0.1) is 24.4 Å². The first-order valence-electron chi connectivity index (χ1n) is 14.9. The maximum absolute atomic E-state index is 14.0. The third-order valence-corrected chi connectivity index (χ3v) is 19.9. The van der Waals surface area contributed by atoms with E-state index in [0.29, 0.717) is 45.9 Å². The molecular formula is C31H52N2O6Si2. The molecule has 0 aromatic heterocycles. The highest BCUT2D eigenvalue weighted by molar-refractivity contribution is 6.78. The van der Waals surface area contributed by atoms with Crippen molar-refractivity contribution >= 4 is 34.3 Å². The number of fused-ring (bicyclic) bond motifs is 2. The number of amides is 2. The highest BCUT2D eigenvalue weighted by atomic mass is 28.4. The molecule has 1 aromatic rings. The van der Waals surface area contributed by atoms with Gasteiger partial charge >= 0.3 is 6.09 Å². The molecule has 2 amide bonds. The van der Waals surface area contributed by atoms with Crippen molar-refractivity contribution in [1.29, 1.82) is 0 Å². The third kappa shape index (κ3) is 5.97. The van der Waals surface area contributed by atoms with E-state index in [1.165, 1.54) is 6.08 Å². The minimum Gasteiger partial charge on any atom is -0.540 e. The smallest absolute Gasteiger partial charge is 0.416 e. The van der Waals surface area contributed by atoms with E-state index in [1.54, 1.807) is 18.1 Å². The number of methoxy groups -OCH3 is 1. The molecule has 0 saturated carbocycles. The zero-order chi connectivity index (χ0) is 31.1. The quantitative estimate of drug-likeness (QED) is 0.199. The molecule has 0 spiro atoms. The summed E-state index contributed by atoms with van der Waals surface area (Å²) in [6, 6.07) is 3.25. The van der Waals surface area contributed by atoms with Gasteiger partial charge in [-0.1, -0.05) is 75.0 Å². The summed E-state index contributed by atoms with van der Waals surface area (Å²) in [7, 11) is -3.20. The Balaban J connectivity index is 2.30. The standard InChI is InChI=1S/C31H52N2O6Si2/c1-14-17-37-30(35)33-25-19-27(38-41(20(2)3,21(4)5)22(6)7)26(36-11)18-23(25)28(34)32-16-15-24(32)29(33)39-40(12,13)31(8,9)10/h14,18-22,24,29H,1,15-17H2,2-13H3/t24-,29?/m0/s1. The summed E-state index contributed by atoms with van der Waals surface area (Å²) < 4.78 is 25.5. The Morgan fingerprint density at radius 2 is 1.66 bits per heavy atom. The fourth-order valence-electron chi connectivity index (χ4n) is 6.13. The molecule has 1 fully saturated rings. The van der Waals surface area contributed by atoms with Crippen LogP contribution in [0.3, 0.4) is 0 Å². The highest BCUT2D eigenvalue weighted by Gasteiger charge is 2.53. The number of anilines is 1. The van der Waals surface area contributed by atoms with E-state index < -0.39 is 29.0 Å². The van der Waals surface area contributed by atoms with Crippen molar-refractivity contribution in [2.75, 3.05) is 25.2 Å². The molecule has 0 radical (unpaired) electrons. The molecule has 2 aliphatic rings. The first-order valence-corrected chi connectivity index (χ1v) is 20.0. The Kier molecular flexibility index (Phi) is 9.82. The van der Waals surface area contributed by atoms with Crippen molar-refractivity contribution in [3.8, 4) is 11.5 Å². The molecule has 8 nitrogen and oxygen atoms in total. The number of rotatable bonds is 10. The number of benzene rings is 1. The van der Waals surface area contributed by atoms with Gasteiger partial charge in [0.1, 0.15) is 12.4 Å². The van der Waals surface area contributed by atoms with Gasteiger partial charge in [-0.2, -0.15) is 0 Å². The number of hydrogen-bond acceptors (Lipinski definition) is 6. The van der Waals surface area contributed by atoms with Gasteiger partial charge in [0, 0.05) is 12.6 Å². The molecule has 2 heterocycles. The summed E-state index contributed by atoms with van der Waals surface area (Å²) in [5.41, 5.74) is 1.76. The maximum Gasteiger partial charge on any atom is 0.416 e. The summed E-state index contributed by atoms with van der Waals surface area (Å²) in [4.78, 5) is 31.2. The maximum atomic E-state index is 14.0. The van der Waals surface area contributed by atoms with E-state index in [4.69, 9.17) is 18.3 Å². The Morgan fingerprint density at radius 1 is 1.07 bits per heavy atom. The Morgan fingerprint density at radius 3 is 2.10 bits per heavy atom. The van der Waals surface area contributed by atoms with Crippen molar-refractivity contribution < 1.29 is 27.9 Å². The van der Waals surface area contributed by atoms with Crippen LogP contribution in [-0.4, -0.2) is 66.1 Å². The first-order chi connectivity index (χ1) is 18.9. The van der Waals surface area contributed by atoms with Crippen LogP contribution in [0.25, 0.3) is 0 Å². The molecule has 2 aliphatic heterocycles. The molecule has 1 saturated heterocycles. The third-order valence-electron chi connectivity index (χ3n) is 9.42. The number of carbonyl (C=O) groups excluding carboxylic acids is 2. The second kappa shape index (κ2) is 12.1. The molecule has 230 valence electrons.